The first-order valence-electron chi connectivity index (χ1n) is 28.5. The molecule has 0 saturated carbocycles. The minimum atomic E-state index is -1.95. The van der Waals surface area contributed by atoms with Gasteiger partial charge in [0.25, 0.3) is 0 Å². The summed E-state index contributed by atoms with van der Waals surface area (Å²) in [6, 6.07) is -14.1. The number of carboxylic acid groups (broad SMARTS) is 1. The molecule has 1 saturated heterocycles. The van der Waals surface area contributed by atoms with Crippen molar-refractivity contribution in [3.05, 3.63) is 0 Å². The molecule has 458 valence electrons. The van der Waals surface area contributed by atoms with Crippen LogP contribution >= 0.6 is 0 Å². The highest BCUT2D eigenvalue weighted by Crippen LogP contribution is 2.17. The second-order valence-electron chi connectivity index (χ2n) is 22.8. The maximum Gasteiger partial charge on any atom is 0.329 e. The van der Waals surface area contributed by atoms with Gasteiger partial charge in [-0.05, 0) is 68.6 Å². The molecule has 1 aliphatic heterocycles. The van der Waals surface area contributed by atoms with Gasteiger partial charge in [-0.1, -0.05) is 121 Å². The van der Waals surface area contributed by atoms with Crippen molar-refractivity contribution in [3.63, 3.8) is 0 Å². The lowest BCUT2D eigenvalue weighted by Gasteiger charge is -2.32. The van der Waals surface area contributed by atoms with Crippen molar-refractivity contribution in [1.82, 2.24) is 47.9 Å². The third-order valence-corrected chi connectivity index (χ3v) is 13.6. The number of esters is 1. The lowest BCUT2D eigenvalue weighted by Crippen LogP contribution is -2.64. The number of nitrogens with one attached hydrogen (secondary N) is 9. The summed E-state index contributed by atoms with van der Waals surface area (Å²) in [5.41, 5.74) is 0. The van der Waals surface area contributed by atoms with Gasteiger partial charge >= 0.3 is 11.9 Å². The number of carbonyl (C=O) groups excluding carboxylic acids is 10. The smallest absolute Gasteiger partial charge is 0.329 e. The van der Waals surface area contributed by atoms with Crippen LogP contribution in [0.3, 0.4) is 0 Å². The zero-order chi connectivity index (χ0) is 61.0. The van der Waals surface area contributed by atoms with Crippen LogP contribution in [0.5, 0.6) is 0 Å². The monoisotopic (exact) mass is 1140 g/mol. The van der Waals surface area contributed by atoms with E-state index in [-0.39, 0.29) is 49.9 Å². The number of aliphatic hydroxyl groups excluding tert-OH is 3. The van der Waals surface area contributed by atoms with Crippen molar-refractivity contribution in [3.8, 4) is 0 Å². The lowest BCUT2D eigenvalue weighted by molar-refractivity contribution is -0.158. The number of rotatable bonds is 28. The number of amides is 9. The van der Waals surface area contributed by atoms with Crippen LogP contribution in [0.1, 0.15) is 173 Å². The second kappa shape index (κ2) is 37.1. The molecule has 13 N–H and O–H groups in total. The number of unbranched alkanes of at least 4 members (excludes halogenated alkanes) is 5. The predicted octanol–water partition coefficient (Wildman–Crippen LogP) is 0.486. The van der Waals surface area contributed by atoms with Crippen molar-refractivity contribution in [2.45, 2.75) is 240 Å². The molecule has 0 unspecified atom stereocenters. The van der Waals surface area contributed by atoms with Gasteiger partial charge in [0.1, 0.15) is 60.5 Å². The van der Waals surface area contributed by atoms with E-state index in [9.17, 15) is 73.2 Å². The Kier molecular flexibility index (Phi) is 33.5. The fourth-order valence-electron chi connectivity index (χ4n) is 8.79. The van der Waals surface area contributed by atoms with Crippen LogP contribution in [-0.2, 0) is 57.5 Å². The molecule has 25 heteroatoms. The minimum Gasteiger partial charge on any atom is -0.481 e. The Morgan fingerprint density at radius 2 is 1.06 bits per heavy atom. The Hall–Kier alpha value is -5.95. The van der Waals surface area contributed by atoms with Crippen LogP contribution in [0.15, 0.2) is 0 Å². The van der Waals surface area contributed by atoms with Crippen LogP contribution in [0, 0.1) is 29.6 Å². The fraction of sp³-hybridized carbons (Fsp3) is 0.800. The zero-order valence-corrected chi connectivity index (χ0v) is 49.2. The van der Waals surface area contributed by atoms with Crippen molar-refractivity contribution in [2.24, 2.45) is 29.6 Å². The molecule has 1 heterocycles. The maximum absolute atomic E-state index is 14.7. The Bertz CT molecular complexity index is 2040. The number of cyclic esters (lactones) is 1. The van der Waals surface area contributed by atoms with Gasteiger partial charge < -0.3 is 73.0 Å². The summed E-state index contributed by atoms with van der Waals surface area (Å²) in [7, 11) is 0. The summed E-state index contributed by atoms with van der Waals surface area (Å²) >= 11 is 0. The quantitative estimate of drug-likeness (QED) is 0.0374. The molecule has 0 bridgehead atoms. The molecule has 0 aromatic carbocycles. The number of aliphatic carboxylic acids is 1. The molecule has 0 radical (unpaired) electrons. The van der Waals surface area contributed by atoms with Crippen LogP contribution in [-0.4, -0.2) is 165 Å². The normalized spacial score (nSPS) is 23.9. The van der Waals surface area contributed by atoms with Gasteiger partial charge in [-0.15, -0.1) is 0 Å². The number of carboxylic acids is 1. The largest absolute Gasteiger partial charge is 0.481 e. The number of carbonyl (C=O) groups is 11. The Balaban J connectivity index is 3.96. The van der Waals surface area contributed by atoms with Crippen LogP contribution in [0.25, 0.3) is 0 Å². The molecule has 80 heavy (non-hydrogen) atoms. The predicted molar refractivity (Wildman–Crippen MR) is 295 cm³/mol. The lowest BCUT2D eigenvalue weighted by atomic mass is 9.98. The maximum atomic E-state index is 14.7. The van der Waals surface area contributed by atoms with E-state index in [0.29, 0.717) is 12.8 Å². The third kappa shape index (κ3) is 26.5. The van der Waals surface area contributed by atoms with Gasteiger partial charge in [0.15, 0.2) is 0 Å². The standard InChI is InChI=1S/C55H97N9O16/c1-13-15-16-17-18-19-20-35(67)26-42(68)56-37(23-29(3)4)48(72)57-36(21-22-43(69)70)47(71)64-46-34(12)80-55(79)45(33(11)14-2)63-52(76)41(28-66)61-49(73)38(24-30(5)6)58-51(75)40(27-65)60-50(74)39(25-31(7)8)59-53(77)44(32(9)10)62-54(46)78/h29-41,44-46,65-67H,13-28H2,1-12H3,(H,56,68)(H,57,72)(H,58,75)(H,59,77)(H,60,74)(H,61,73)(H,62,78)(H,63,76)(H,64,71)(H,69,70)/t33-,34+,35+,36+,37-,38-,39-,40+,41+,44+,45-,46+/m0/s1. The van der Waals surface area contributed by atoms with E-state index in [4.69, 9.17) is 4.74 Å². The number of hydrogen-bond donors (Lipinski definition) is 13. The van der Waals surface area contributed by atoms with Crippen molar-refractivity contribution in [1.29, 1.82) is 0 Å². The third-order valence-electron chi connectivity index (χ3n) is 13.6. The van der Waals surface area contributed by atoms with Crippen molar-refractivity contribution < 1.29 is 77.9 Å². The van der Waals surface area contributed by atoms with Gasteiger partial charge in [0.2, 0.25) is 53.2 Å². The average Bonchev–Trinajstić information content (AvgIpc) is 3.36. The van der Waals surface area contributed by atoms with E-state index in [2.05, 4.69) is 54.8 Å². The molecular weight excluding hydrogens is 1040 g/mol. The topological polar surface area (TPSA) is 386 Å². The van der Waals surface area contributed by atoms with Crippen molar-refractivity contribution >= 4 is 65.1 Å². The van der Waals surface area contributed by atoms with Gasteiger partial charge in [-0.25, -0.2) is 4.79 Å². The first-order chi connectivity index (χ1) is 37.5. The van der Waals surface area contributed by atoms with Gasteiger partial charge in [0.05, 0.1) is 25.7 Å². The van der Waals surface area contributed by atoms with E-state index in [0.717, 1.165) is 32.1 Å². The number of hydrogen-bond acceptors (Lipinski definition) is 15. The summed E-state index contributed by atoms with van der Waals surface area (Å²) in [6.45, 7) is 18.3. The van der Waals surface area contributed by atoms with Crippen LogP contribution < -0.4 is 47.9 Å². The van der Waals surface area contributed by atoms with Crippen molar-refractivity contribution in [2.75, 3.05) is 13.2 Å². The number of ether oxygens (including phenoxy) is 1. The molecule has 0 aromatic rings. The van der Waals surface area contributed by atoms with E-state index in [1.54, 1.807) is 69.2 Å². The summed E-state index contributed by atoms with van der Waals surface area (Å²) < 4.78 is 5.82. The fourth-order valence-corrected chi connectivity index (χ4v) is 8.79. The molecule has 1 aliphatic rings. The molecule has 9 amide bonds. The molecule has 1 fully saturated rings. The van der Waals surface area contributed by atoms with E-state index in [1.165, 1.54) is 6.92 Å². The highest BCUT2D eigenvalue weighted by atomic mass is 16.5. The summed E-state index contributed by atoms with van der Waals surface area (Å²) in [4.78, 5) is 152. The molecule has 0 aromatic heterocycles. The summed E-state index contributed by atoms with van der Waals surface area (Å²) in [5.74, 6) is -13.4. The van der Waals surface area contributed by atoms with E-state index < -0.39 is 170 Å². The highest BCUT2D eigenvalue weighted by Gasteiger charge is 2.40. The Morgan fingerprint density at radius 1 is 0.575 bits per heavy atom. The first kappa shape index (κ1) is 72.1. The van der Waals surface area contributed by atoms with Gasteiger partial charge in [-0.2, -0.15) is 0 Å². The summed E-state index contributed by atoms with van der Waals surface area (Å²) in [5, 5.41) is 63.6. The minimum absolute atomic E-state index is 0.00997. The molecule has 12 atom stereocenters. The van der Waals surface area contributed by atoms with E-state index in [1.807, 2.05) is 0 Å². The molecule has 0 spiro atoms. The molecule has 0 aliphatic carbocycles. The Morgan fingerprint density at radius 3 is 1.55 bits per heavy atom. The summed E-state index contributed by atoms with van der Waals surface area (Å²) in [6.07, 6.45) is 2.25. The molecule has 25 nitrogen and oxygen atoms in total. The van der Waals surface area contributed by atoms with Gasteiger partial charge in [-0.3, -0.25) is 47.9 Å². The average molecular weight is 1140 g/mol. The van der Waals surface area contributed by atoms with Crippen LogP contribution in [0.4, 0.5) is 0 Å². The van der Waals surface area contributed by atoms with Crippen LogP contribution in [0.2, 0.25) is 0 Å². The number of aliphatic hydroxyl groups is 3. The van der Waals surface area contributed by atoms with E-state index >= 15 is 0 Å². The molecule has 1 rings (SSSR count). The highest BCUT2D eigenvalue weighted by molar-refractivity contribution is 5.99. The molecular formula is C55H97N9O16. The first-order valence-corrected chi connectivity index (χ1v) is 28.5. The second-order valence-corrected chi connectivity index (χ2v) is 22.8. The Labute approximate surface area is 471 Å². The SMILES string of the molecule is CCCCCCCC[C@@H](O)CC(=O)N[C@@H](CC(C)C)C(=O)N[C@H](CCC(=O)O)C(=O)N[C@H]1C(=O)N[C@H](C(C)C)C(=O)N[C@@H](CC(C)C)C(=O)N[C@H](CO)C(=O)N[C@@H](CC(C)C)C(=O)N[C@H](CO)C(=O)N[C@@H]([C@@H](C)CC)C(=O)O[C@@H]1C. The van der Waals surface area contributed by atoms with Gasteiger partial charge in [0, 0.05) is 6.42 Å². The zero-order valence-electron chi connectivity index (χ0n) is 49.2.